The number of hydrogen-bond acceptors (Lipinski definition) is 8. The maximum Gasteiger partial charge on any atom is 0.269 e. The first-order chi connectivity index (χ1) is 11.9. The average molecular weight is 364 g/mol. The van der Waals surface area contributed by atoms with Gasteiger partial charge in [0.25, 0.3) is 5.78 Å². The minimum atomic E-state index is -4.04. The Morgan fingerprint density at radius 3 is 2.52 bits per heavy atom. The summed E-state index contributed by atoms with van der Waals surface area (Å²) in [6.45, 7) is 0. The Morgan fingerprint density at radius 2 is 1.88 bits per heavy atom. The molecule has 0 aliphatic carbocycles. The molecule has 2 aromatic heterocycles. The number of hydrogen-bond donors (Lipinski definition) is 1. The molecule has 0 radical (unpaired) electrons. The molecule has 0 atom stereocenters. The quantitative estimate of drug-likeness (QED) is 0.385. The largest absolute Gasteiger partial charge is 0.467 e. The first kappa shape index (κ1) is 16.6. The van der Waals surface area contributed by atoms with Crippen LogP contribution in [0.3, 0.4) is 0 Å². The summed E-state index contributed by atoms with van der Waals surface area (Å²) in [6.07, 6.45) is 0.480. The van der Waals surface area contributed by atoms with E-state index in [1.165, 1.54) is 0 Å². The van der Waals surface area contributed by atoms with Crippen LogP contribution in [-0.2, 0) is 21.1 Å². The maximum atomic E-state index is 13.0. The van der Waals surface area contributed by atoms with Crippen molar-refractivity contribution in [2.45, 2.75) is 16.2 Å². The summed E-state index contributed by atoms with van der Waals surface area (Å²) in [6, 6.07) is 5.33. The molecule has 128 valence electrons. The molecule has 0 saturated carbocycles. The standard InChI is InChI=1S/C14H9FN4O5S/c15-8-1-3-9(4-2-8)25(22,23)12-5-6-24-11(12)7-10(20)13(21)14-16-18-19-17-14/h1-6H,7H2,(H,16,17,18,19). The fourth-order valence-electron chi connectivity index (χ4n) is 2.05. The third kappa shape index (κ3) is 3.21. The van der Waals surface area contributed by atoms with Gasteiger partial charge in [-0.2, -0.15) is 5.21 Å². The van der Waals surface area contributed by atoms with Crippen LogP contribution in [0, 0.1) is 5.82 Å². The lowest BCUT2D eigenvalue weighted by molar-refractivity contribution is -0.114. The van der Waals surface area contributed by atoms with Crippen molar-refractivity contribution in [1.82, 2.24) is 20.6 Å². The van der Waals surface area contributed by atoms with Crippen molar-refractivity contribution in [3.63, 3.8) is 0 Å². The number of aromatic amines is 1. The zero-order valence-electron chi connectivity index (χ0n) is 12.3. The Kier molecular flexibility index (Phi) is 4.23. The Morgan fingerprint density at radius 1 is 1.16 bits per heavy atom. The summed E-state index contributed by atoms with van der Waals surface area (Å²) in [7, 11) is -4.04. The lowest BCUT2D eigenvalue weighted by atomic mass is 10.1. The normalized spacial score (nSPS) is 11.4. The summed E-state index contributed by atoms with van der Waals surface area (Å²) in [4.78, 5) is 23.4. The van der Waals surface area contributed by atoms with Crippen molar-refractivity contribution in [3.05, 3.63) is 54.0 Å². The van der Waals surface area contributed by atoms with E-state index in [9.17, 15) is 22.4 Å². The van der Waals surface area contributed by atoms with E-state index in [-0.39, 0.29) is 15.6 Å². The third-order valence-corrected chi connectivity index (χ3v) is 5.08. The predicted octanol–water partition coefficient (Wildman–Crippen LogP) is 0.759. The number of Topliss-reactive ketones (excluding diaryl/α,β-unsaturated/α-hetero) is 2. The molecule has 0 spiro atoms. The zero-order valence-corrected chi connectivity index (χ0v) is 13.2. The lowest BCUT2D eigenvalue weighted by Crippen LogP contribution is -2.19. The van der Waals surface area contributed by atoms with Gasteiger partial charge in [-0.25, -0.2) is 12.8 Å². The van der Waals surface area contributed by atoms with Crippen molar-refractivity contribution in [3.8, 4) is 0 Å². The zero-order chi connectivity index (χ0) is 18.0. The van der Waals surface area contributed by atoms with Crippen molar-refractivity contribution in [2.24, 2.45) is 0 Å². The van der Waals surface area contributed by atoms with Gasteiger partial charge in [-0.05, 0) is 35.5 Å². The number of nitrogens with one attached hydrogen (secondary N) is 1. The fraction of sp³-hybridized carbons (Fsp3) is 0.0714. The number of furan rings is 1. The molecule has 1 aromatic carbocycles. The molecule has 0 saturated heterocycles. The molecule has 9 nitrogen and oxygen atoms in total. The van der Waals surface area contributed by atoms with Gasteiger partial charge in [-0.15, -0.1) is 10.2 Å². The molecule has 1 N–H and O–H groups in total. The molecule has 3 rings (SSSR count). The summed E-state index contributed by atoms with van der Waals surface area (Å²) in [5, 5.41) is 12.0. The van der Waals surface area contributed by atoms with E-state index < -0.39 is 39.5 Å². The second kappa shape index (κ2) is 6.36. The highest BCUT2D eigenvalue weighted by molar-refractivity contribution is 7.91. The molecule has 25 heavy (non-hydrogen) atoms. The van der Waals surface area contributed by atoms with Crippen LogP contribution in [0.4, 0.5) is 4.39 Å². The van der Waals surface area contributed by atoms with E-state index in [0.29, 0.717) is 0 Å². The molecule has 0 amide bonds. The molecule has 11 heteroatoms. The second-order valence-corrected chi connectivity index (χ2v) is 6.75. The highest BCUT2D eigenvalue weighted by atomic mass is 32.2. The number of sulfone groups is 1. The smallest absolute Gasteiger partial charge is 0.269 e. The summed E-state index contributed by atoms with van der Waals surface area (Å²) in [5.41, 5.74) is 0. The number of carbonyl (C=O) groups excluding carboxylic acids is 2. The Labute approximate surface area is 139 Å². The average Bonchev–Trinajstić information content (AvgIpc) is 3.26. The van der Waals surface area contributed by atoms with E-state index in [4.69, 9.17) is 4.42 Å². The maximum absolute atomic E-state index is 13.0. The summed E-state index contributed by atoms with van der Waals surface area (Å²) >= 11 is 0. The van der Waals surface area contributed by atoms with Gasteiger partial charge in [-0.1, -0.05) is 0 Å². The fourth-order valence-corrected chi connectivity index (χ4v) is 3.45. The van der Waals surface area contributed by atoms with Gasteiger partial charge < -0.3 is 4.42 Å². The van der Waals surface area contributed by atoms with E-state index >= 15 is 0 Å². The van der Waals surface area contributed by atoms with Crippen LogP contribution in [0.1, 0.15) is 16.4 Å². The van der Waals surface area contributed by atoms with Crippen LogP contribution in [-0.4, -0.2) is 40.6 Å². The van der Waals surface area contributed by atoms with Gasteiger partial charge in [0.1, 0.15) is 16.5 Å². The van der Waals surface area contributed by atoms with Gasteiger partial charge in [0.2, 0.25) is 21.4 Å². The minimum Gasteiger partial charge on any atom is -0.467 e. The molecular weight excluding hydrogens is 355 g/mol. The van der Waals surface area contributed by atoms with Gasteiger partial charge in [0.05, 0.1) is 17.6 Å². The molecule has 3 aromatic rings. The van der Waals surface area contributed by atoms with Crippen molar-refractivity contribution >= 4 is 21.4 Å². The Balaban J connectivity index is 1.89. The lowest BCUT2D eigenvalue weighted by Gasteiger charge is -2.04. The Hall–Kier alpha value is -3.21. The van der Waals surface area contributed by atoms with Crippen molar-refractivity contribution in [2.75, 3.05) is 0 Å². The van der Waals surface area contributed by atoms with Crippen LogP contribution in [0.15, 0.2) is 50.8 Å². The minimum absolute atomic E-state index is 0.173. The van der Waals surface area contributed by atoms with Gasteiger partial charge >= 0.3 is 0 Å². The van der Waals surface area contributed by atoms with Gasteiger partial charge in [-0.3, -0.25) is 9.59 Å². The second-order valence-electron chi connectivity index (χ2n) is 4.83. The van der Waals surface area contributed by atoms with Gasteiger partial charge in [0.15, 0.2) is 0 Å². The van der Waals surface area contributed by atoms with E-state index in [1.54, 1.807) is 0 Å². The number of benzene rings is 1. The molecular formula is C14H9FN4O5S. The number of halogens is 1. The van der Waals surface area contributed by atoms with E-state index in [2.05, 4.69) is 20.6 Å². The highest BCUT2D eigenvalue weighted by Gasteiger charge is 2.28. The number of H-pyrrole nitrogens is 1. The van der Waals surface area contributed by atoms with Crippen LogP contribution in [0.5, 0.6) is 0 Å². The summed E-state index contributed by atoms with van der Waals surface area (Å²) < 4.78 is 43.2. The monoisotopic (exact) mass is 364 g/mol. The first-order valence-electron chi connectivity index (χ1n) is 6.77. The molecule has 0 bridgehead atoms. The van der Waals surface area contributed by atoms with Crippen LogP contribution >= 0.6 is 0 Å². The predicted molar refractivity (Wildman–Crippen MR) is 77.8 cm³/mol. The number of aromatic nitrogens is 4. The number of tetrazole rings is 1. The molecule has 0 aliphatic heterocycles. The highest BCUT2D eigenvalue weighted by Crippen LogP contribution is 2.26. The number of nitrogens with zero attached hydrogens (tertiary/aromatic N) is 3. The number of rotatable bonds is 6. The molecule has 0 unspecified atom stereocenters. The molecule has 0 fully saturated rings. The third-order valence-electron chi connectivity index (χ3n) is 3.24. The first-order valence-corrected chi connectivity index (χ1v) is 8.26. The topological polar surface area (TPSA) is 136 Å². The number of carbonyl (C=O) groups is 2. The Bertz CT molecular complexity index is 1030. The van der Waals surface area contributed by atoms with E-state index in [1.807, 2.05) is 0 Å². The molecule has 2 heterocycles. The molecule has 0 aliphatic rings. The van der Waals surface area contributed by atoms with E-state index in [0.717, 1.165) is 36.6 Å². The SMILES string of the molecule is O=C(Cc1occc1S(=O)(=O)c1ccc(F)cc1)C(=O)c1nn[nH]n1. The summed E-state index contributed by atoms with van der Waals surface area (Å²) in [5.74, 6) is -3.24. The number of ketones is 2. The van der Waals surface area contributed by atoms with Crippen LogP contribution in [0.25, 0.3) is 0 Å². The van der Waals surface area contributed by atoms with Crippen LogP contribution < -0.4 is 0 Å². The van der Waals surface area contributed by atoms with Crippen molar-refractivity contribution in [1.29, 1.82) is 0 Å². The van der Waals surface area contributed by atoms with Crippen LogP contribution in [0.2, 0.25) is 0 Å². The van der Waals surface area contributed by atoms with Gasteiger partial charge in [0, 0.05) is 0 Å². The van der Waals surface area contributed by atoms with Crippen molar-refractivity contribution < 1.29 is 26.8 Å².